The Balaban J connectivity index is 1.46. The lowest BCUT2D eigenvalue weighted by Crippen LogP contribution is -2.35. The van der Waals surface area contributed by atoms with Gasteiger partial charge in [-0.05, 0) is 60.6 Å². The van der Waals surface area contributed by atoms with Gasteiger partial charge in [0, 0.05) is 12.8 Å². The van der Waals surface area contributed by atoms with Gasteiger partial charge in [0.05, 0.1) is 30.2 Å². The number of nitrogens with zero attached hydrogens (tertiary/aromatic N) is 2. The number of alkyl halides is 2. The molecule has 5 nitrogen and oxygen atoms in total. The van der Waals surface area contributed by atoms with Crippen LogP contribution in [0.2, 0.25) is 0 Å². The smallest absolute Gasteiger partial charge is 0.248 e. The molecule has 0 spiro atoms. The summed E-state index contributed by atoms with van der Waals surface area (Å²) in [7, 11) is 1.66. The molecule has 1 aromatic heterocycles. The predicted octanol–water partition coefficient (Wildman–Crippen LogP) is 6.27. The normalized spacial score (nSPS) is 21.9. The highest BCUT2D eigenvalue weighted by Gasteiger charge is 2.36. The molecule has 1 saturated carbocycles. The van der Waals surface area contributed by atoms with Gasteiger partial charge in [0.1, 0.15) is 18.4 Å². The van der Waals surface area contributed by atoms with Gasteiger partial charge < -0.3 is 9.72 Å². The van der Waals surface area contributed by atoms with E-state index in [1.807, 2.05) is 23.3 Å². The van der Waals surface area contributed by atoms with Crippen molar-refractivity contribution in [2.45, 2.75) is 50.5 Å². The van der Waals surface area contributed by atoms with Gasteiger partial charge in [0.25, 0.3) is 0 Å². The van der Waals surface area contributed by atoms with Crippen LogP contribution in [0, 0.1) is 0 Å². The summed E-state index contributed by atoms with van der Waals surface area (Å²) in [5.74, 6) is -1.51. The number of imidazole rings is 1. The van der Waals surface area contributed by atoms with Crippen LogP contribution in [-0.2, 0) is 9.57 Å². The maximum absolute atomic E-state index is 13.6. The van der Waals surface area contributed by atoms with Crippen molar-refractivity contribution < 1.29 is 18.4 Å². The van der Waals surface area contributed by atoms with Crippen LogP contribution in [0.3, 0.4) is 0 Å². The lowest BCUT2D eigenvalue weighted by molar-refractivity contribution is -0.0382. The highest BCUT2D eigenvalue weighted by molar-refractivity contribution is 5.79. The molecule has 1 aliphatic carbocycles. The summed E-state index contributed by atoms with van der Waals surface area (Å²) in [5, 5.41) is 1.91. The van der Waals surface area contributed by atoms with Gasteiger partial charge in [0.15, 0.2) is 0 Å². The molecule has 0 saturated heterocycles. The first-order valence-electron chi connectivity index (χ1n) is 11.0. The summed E-state index contributed by atoms with van der Waals surface area (Å²) in [6.07, 6.45) is 2.68. The van der Waals surface area contributed by atoms with E-state index in [2.05, 4.69) is 41.2 Å². The van der Waals surface area contributed by atoms with Gasteiger partial charge >= 0.3 is 0 Å². The summed E-state index contributed by atoms with van der Waals surface area (Å²) in [6, 6.07) is 14.1. The minimum Gasteiger partial charge on any atom is -0.499 e. The molecular weight excluding hydrogens is 412 g/mol. The number of hydrogen-bond acceptors (Lipinski definition) is 4. The molecule has 0 radical (unpaired) electrons. The van der Waals surface area contributed by atoms with Crippen LogP contribution in [0.5, 0.6) is 0 Å². The summed E-state index contributed by atoms with van der Waals surface area (Å²) in [5.41, 5.74) is 6.02. The Morgan fingerprint density at radius 2 is 1.81 bits per heavy atom. The van der Waals surface area contributed by atoms with Gasteiger partial charge in [-0.1, -0.05) is 24.3 Å². The second-order valence-electron chi connectivity index (χ2n) is 8.71. The monoisotopic (exact) mass is 439 g/mol. The van der Waals surface area contributed by atoms with E-state index < -0.39 is 5.92 Å². The molecule has 1 N–H and O–H groups in total. The Bertz CT molecular complexity index is 1130. The number of hydroxylamine groups is 1. The molecule has 7 heteroatoms. The van der Waals surface area contributed by atoms with E-state index in [-0.39, 0.29) is 24.8 Å². The minimum absolute atomic E-state index is 0.0290. The topological polar surface area (TPSA) is 50.4 Å². The molecule has 32 heavy (non-hydrogen) atoms. The highest BCUT2D eigenvalue weighted by Crippen LogP contribution is 2.42. The van der Waals surface area contributed by atoms with Crippen molar-refractivity contribution in [3.63, 3.8) is 0 Å². The van der Waals surface area contributed by atoms with Crippen molar-refractivity contribution in [2.75, 3.05) is 18.8 Å². The lowest BCUT2D eigenvalue weighted by Gasteiger charge is -2.38. The van der Waals surface area contributed by atoms with Crippen molar-refractivity contribution in [1.29, 1.82) is 0 Å². The molecule has 2 aliphatic rings. The Kier molecular flexibility index (Phi) is 5.37. The number of H-pyrrole nitrogens is 1. The van der Waals surface area contributed by atoms with Crippen molar-refractivity contribution in [2.24, 2.45) is 0 Å². The molecule has 5 rings (SSSR count). The zero-order valence-electron chi connectivity index (χ0n) is 18.3. The molecule has 0 bridgehead atoms. The molecule has 3 aromatic rings. The predicted molar refractivity (Wildman–Crippen MR) is 120 cm³/mol. The van der Waals surface area contributed by atoms with E-state index in [4.69, 9.17) is 9.57 Å². The number of fused-ring (bicyclic) bond motifs is 1. The van der Waals surface area contributed by atoms with Crippen molar-refractivity contribution in [1.82, 2.24) is 9.97 Å². The van der Waals surface area contributed by atoms with Crippen LogP contribution in [0.15, 0.2) is 60.1 Å². The third-order valence-electron chi connectivity index (χ3n) is 6.76. The van der Waals surface area contributed by atoms with Crippen LogP contribution in [0.25, 0.3) is 11.0 Å². The highest BCUT2D eigenvalue weighted by atomic mass is 19.3. The quantitative estimate of drug-likeness (QED) is 0.521. The molecule has 0 amide bonds. The molecule has 2 aromatic carbocycles. The number of benzene rings is 2. The third-order valence-corrected chi connectivity index (χ3v) is 6.76. The second-order valence-corrected chi connectivity index (χ2v) is 8.71. The molecule has 1 aliphatic heterocycles. The van der Waals surface area contributed by atoms with Crippen molar-refractivity contribution in [3.05, 3.63) is 71.3 Å². The fourth-order valence-corrected chi connectivity index (χ4v) is 4.86. The number of nitrogens with one attached hydrogen (secondary N) is 1. The van der Waals surface area contributed by atoms with Gasteiger partial charge in [-0.25, -0.2) is 18.8 Å². The fourth-order valence-electron chi connectivity index (χ4n) is 4.86. The third kappa shape index (κ3) is 3.86. The van der Waals surface area contributed by atoms with Gasteiger partial charge in [-0.15, -0.1) is 0 Å². The number of rotatable bonds is 4. The van der Waals surface area contributed by atoms with E-state index in [1.54, 1.807) is 13.4 Å². The molecular formula is C25H27F2N3O2. The molecule has 1 unspecified atom stereocenters. The first-order chi connectivity index (χ1) is 15.4. The number of aromatic amines is 1. The average molecular weight is 440 g/mol. The van der Waals surface area contributed by atoms with E-state index in [9.17, 15) is 8.78 Å². The van der Waals surface area contributed by atoms with Crippen molar-refractivity contribution >= 4 is 16.7 Å². The van der Waals surface area contributed by atoms with Crippen LogP contribution in [0.4, 0.5) is 14.5 Å². The number of hydrogen-bond donors (Lipinski definition) is 1. The minimum atomic E-state index is -2.51. The fraction of sp³-hybridized carbons (Fsp3) is 0.400. The summed E-state index contributed by atoms with van der Waals surface area (Å²) in [4.78, 5) is 13.6. The number of anilines is 1. The number of aromatic nitrogens is 2. The van der Waals surface area contributed by atoms with Gasteiger partial charge in [-0.2, -0.15) is 0 Å². The van der Waals surface area contributed by atoms with Crippen LogP contribution in [0.1, 0.15) is 55.7 Å². The van der Waals surface area contributed by atoms with E-state index >= 15 is 0 Å². The maximum Gasteiger partial charge on any atom is 0.248 e. The summed E-state index contributed by atoms with van der Waals surface area (Å²) < 4.78 is 32.7. The SMILES string of the molecule is COC1=C(C)C(c2ccc(C3CCC(F)(F)CC3)cc2)N(c2ccc3nc[nH]c3c2)OC1. The number of halogens is 2. The zero-order chi connectivity index (χ0) is 22.3. The summed E-state index contributed by atoms with van der Waals surface area (Å²) in [6.45, 7) is 2.42. The Morgan fingerprint density at radius 1 is 1.09 bits per heavy atom. The van der Waals surface area contributed by atoms with Crippen LogP contribution >= 0.6 is 0 Å². The molecule has 168 valence electrons. The second kappa shape index (κ2) is 8.20. The average Bonchev–Trinajstić information content (AvgIpc) is 3.27. The van der Waals surface area contributed by atoms with Crippen LogP contribution < -0.4 is 5.06 Å². The zero-order valence-corrected chi connectivity index (χ0v) is 18.3. The standard InChI is InChI=1S/C25H27F2N3O2/c1-16-23(31-2)14-32-30(20-7-8-21-22(13-20)29-15-28-21)24(16)19-5-3-17(4-6-19)18-9-11-25(26,27)12-10-18/h3-8,13,15,18,24H,9-12,14H2,1-2H3,(H,28,29). The van der Waals surface area contributed by atoms with Crippen LogP contribution in [-0.4, -0.2) is 29.6 Å². The largest absolute Gasteiger partial charge is 0.499 e. The van der Waals surface area contributed by atoms with E-state index in [0.29, 0.717) is 19.4 Å². The lowest BCUT2D eigenvalue weighted by atomic mass is 9.81. The van der Waals surface area contributed by atoms with Gasteiger partial charge in [-0.3, -0.25) is 4.84 Å². The molecule has 1 fully saturated rings. The Hall–Kier alpha value is -2.93. The van der Waals surface area contributed by atoms with Gasteiger partial charge in [0.2, 0.25) is 5.92 Å². The summed E-state index contributed by atoms with van der Waals surface area (Å²) >= 11 is 0. The number of ether oxygens (including phenoxy) is 1. The first-order valence-corrected chi connectivity index (χ1v) is 11.0. The van der Waals surface area contributed by atoms with Crippen molar-refractivity contribution in [3.8, 4) is 0 Å². The Morgan fingerprint density at radius 3 is 2.53 bits per heavy atom. The Labute approximate surface area is 186 Å². The first kappa shape index (κ1) is 20.9. The number of methoxy groups -OCH3 is 1. The maximum atomic E-state index is 13.6. The molecule has 2 heterocycles. The van der Waals surface area contributed by atoms with E-state index in [0.717, 1.165) is 39.2 Å². The van der Waals surface area contributed by atoms with E-state index in [1.165, 1.54) is 0 Å². The molecule has 1 atom stereocenters.